The molecule has 98 valence electrons. The Labute approximate surface area is 106 Å². The van der Waals surface area contributed by atoms with Crippen molar-refractivity contribution in [1.29, 1.82) is 0 Å². The average Bonchev–Trinajstić information content (AvgIpc) is 2.31. The van der Waals surface area contributed by atoms with Gasteiger partial charge in [0, 0.05) is 12.2 Å². The van der Waals surface area contributed by atoms with Gasteiger partial charge in [-0.25, -0.2) is 0 Å². The minimum Gasteiger partial charge on any atom is -0.481 e. The van der Waals surface area contributed by atoms with Crippen LogP contribution in [0.1, 0.15) is 29.3 Å². The van der Waals surface area contributed by atoms with Crippen LogP contribution in [0.3, 0.4) is 0 Å². The predicted molar refractivity (Wildman–Crippen MR) is 69.3 cm³/mol. The van der Waals surface area contributed by atoms with E-state index in [-0.39, 0.29) is 5.91 Å². The van der Waals surface area contributed by atoms with Crippen LogP contribution < -0.4 is 11.1 Å². The lowest BCUT2D eigenvalue weighted by molar-refractivity contribution is -0.141. The van der Waals surface area contributed by atoms with Crippen molar-refractivity contribution in [2.45, 2.75) is 20.3 Å². The molecule has 5 nitrogen and oxygen atoms in total. The van der Waals surface area contributed by atoms with E-state index >= 15 is 0 Å². The van der Waals surface area contributed by atoms with Crippen molar-refractivity contribution >= 4 is 17.6 Å². The number of carboxylic acid groups (broad SMARTS) is 1. The average molecular weight is 250 g/mol. The third-order valence-corrected chi connectivity index (χ3v) is 2.74. The SMILES string of the molecule is Cc1ccc(N)c(C(=O)NCCC(C)C(=O)O)c1. The Morgan fingerprint density at radius 1 is 1.44 bits per heavy atom. The third kappa shape index (κ3) is 3.76. The maximum Gasteiger partial charge on any atom is 0.306 e. The lowest BCUT2D eigenvalue weighted by Crippen LogP contribution is -2.27. The molecule has 0 fully saturated rings. The van der Waals surface area contributed by atoms with Crippen LogP contribution in [-0.2, 0) is 4.79 Å². The highest BCUT2D eigenvalue weighted by Crippen LogP contribution is 2.13. The summed E-state index contributed by atoms with van der Waals surface area (Å²) < 4.78 is 0. The number of aryl methyl sites for hydroxylation is 1. The maximum atomic E-state index is 11.8. The van der Waals surface area contributed by atoms with Crippen LogP contribution in [-0.4, -0.2) is 23.5 Å². The highest BCUT2D eigenvalue weighted by atomic mass is 16.4. The Balaban J connectivity index is 2.55. The summed E-state index contributed by atoms with van der Waals surface area (Å²) in [6.07, 6.45) is 0.396. The van der Waals surface area contributed by atoms with Crippen LogP contribution in [0.5, 0.6) is 0 Å². The number of carbonyl (C=O) groups excluding carboxylic acids is 1. The van der Waals surface area contributed by atoms with E-state index in [1.54, 1.807) is 19.1 Å². The molecular formula is C13H18N2O3. The summed E-state index contributed by atoms with van der Waals surface area (Å²) in [6, 6.07) is 5.23. The van der Waals surface area contributed by atoms with Gasteiger partial charge in [-0.05, 0) is 25.5 Å². The molecule has 4 N–H and O–H groups in total. The number of nitrogen functional groups attached to an aromatic ring is 1. The summed E-state index contributed by atoms with van der Waals surface area (Å²) in [5.74, 6) is -1.60. The van der Waals surface area contributed by atoms with E-state index in [1.165, 1.54) is 0 Å². The second-order valence-electron chi connectivity index (χ2n) is 4.37. The molecule has 1 rings (SSSR count). The molecule has 0 radical (unpaired) electrons. The van der Waals surface area contributed by atoms with Gasteiger partial charge in [0.15, 0.2) is 0 Å². The van der Waals surface area contributed by atoms with E-state index in [4.69, 9.17) is 10.8 Å². The maximum absolute atomic E-state index is 11.8. The Morgan fingerprint density at radius 2 is 2.11 bits per heavy atom. The second kappa shape index (κ2) is 6.05. The fourth-order valence-corrected chi connectivity index (χ4v) is 1.49. The van der Waals surface area contributed by atoms with Gasteiger partial charge in [-0.15, -0.1) is 0 Å². The van der Waals surface area contributed by atoms with Crippen LogP contribution in [0.15, 0.2) is 18.2 Å². The molecule has 0 saturated carbocycles. The summed E-state index contributed by atoms with van der Waals surface area (Å²) in [6.45, 7) is 3.80. The summed E-state index contributed by atoms with van der Waals surface area (Å²) in [7, 11) is 0. The number of hydrogen-bond donors (Lipinski definition) is 3. The molecule has 18 heavy (non-hydrogen) atoms. The zero-order valence-corrected chi connectivity index (χ0v) is 10.6. The van der Waals surface area contributed by atoms with Gasteiger partial charge in [0.25, 0.3) is 5.91 Å². The number of benzene rings is 1. The first-order chi connectivity index (χ1) is 8.41. The first-order valence-electron chi connectivity index (χ1n) is 5.79. The predicted octanol–water partition coefficient (Wildman–Crippen LogP) is 1.42. The third-order valence-electron chi connectivity index (χ3n) is 2.74. The molecule has 0 aromatic heterocycles. The van der Waals surface area contributed by atoms with Crippen LogP contribution in [0.2, 0.25) is 0 Å². The minimum absolute atomic E-state index is 0.270. The van der Waals surface area contributed by atoms with Gasteiger partial charge in [-0.2, -0.15) is 0 Å². The monoisotopic (exact) mass is 250 g/mol. The Morgan fingerprint density at radius 3 is 2.72 bits per heavy atom. The van der Waals surface area contributed by atoms with Gasteiger partial charge >= 0.3 is 5.97 Å². The van der Waals surface area contributed by atoms with E-state index in [0.717, 1.165) is 5.56 Å². The molecule has 1 unspecified atom stereocenters. The van der Waals surface area contributed by atoms with Gasteiger partial charge in [-0.1, -0.05) is 18.6 Å². The van der Waals surface area contributed by atoms with Crippen LogP contribution in [0, 0.1) is 12.8 Å². The fourth-order valence-electron chi connectivity index (χ4n) is 1.49. The van der Waals surface area contributed by atoms with Crippen LogP contribution in [0.25, 0.3) is 0 Å². The highest BCUT2D eigenvalue weighted by molar-refractivity contribution is 5.99. The van der Waals surface area contributed by atoms with Crippen molar-refractivity contribution in [2.75, 3.05) is 12.3 Å². The summed E-state index contributed by atoms with van der Waals surface area (Å²) in [5.41, 5.74) is 7.52. The molecule has 5 heteroatoms. The largest absolute Gasteiger partial charge is 0.481 e. The first-order valence-corrected chi connectivity index (χ1v) is 5.79. The normalized spacial score (nSPS) is 11.9. The molecule has 0 aliphatic carbocycles. The van der Waals surface area contributed by atoms with Crippen molar-refractivity contribution in [3.05, 3.63) is 29.3 Å². The molecular weight excluding hydrogens is 232 g/mol. The lowest BCUT2D eigenvalue weighted by atomic mass is 10.1. The van der Waals surface area contributed by atoms with Gasteiger partial charge in [-0.3, -0.25) is 9.59 Å². The van der Waals surface area contributed by atoms with Crippen molar-refractivity contribution in [1.82, 2.24) is 5.32 Å². The topological polar surface area (TPSA) is 92.4 Å². The number of carbonyl (C=O) groups is 2. The van der Waals surface area contributed by atoms with E-state index in [2.05, 4.69) is 5.32 Å². The Bertz CT molecular complexity index is 458. The molecule has 1 aromatic rings. The smallest absolute Gasteiger partial charge is 0.306 e. The summed E-state index contributed by atoms with van der Waals surface area (Å²) >= 11 is 0. The highest BCUT2D eigenvalue weighted by Gasteiger charge is 2.13. The lowest BCUT2D eigenvalue weighted by Gasteiger charge is -2.10. The molecule has 0 spiro atoms. The number of hydrogen-bond acceptors (Lipinski definition) is 3. The zero-order chi connectivity index (χ0) is 13.7. The number of anilines is 1. The summed E-state index contributed by atoms with van der Waals surface area (Å²) in [4.78, 5) is 22.4. The standard InChI is InChI=1S/C13H18N2O3/c1-8-3-4-11(14)10(7-8)12(16)15-6-5-9(2)13(17)18/h3-4,7,9H,5-6,14H2,1-2H3,(H,15,16)(H,17,18). The molecule has 1 atom stereocenters. The number of amides is 1. The van der Waals surface area contributed by atoms with Gasteiger partial charge in [0.1, 0.15) is 0 Å². The van der Waals surface area contributed by atoms with E-state index in [9.17, 15) is 9.59 Å². The number of aliphatic carboxylic acids is 1. The minimum atomic E-state index is -0.862. The quantitative estimate of drug-likeness (QED) is 0.689. The molecule has 0 bridgehead atoms. The van der Waals surface area contributed by atoms with Crippen molar-refractivity contribution in [3.8, 4) is 0 Å². The van der Waals surface area contributed by atoms with Crippen LogP contribution in [0.4, 0.5) is 5.69 Å². The first kappa shape index (κ1) is 14.0. The molecule has 1 amide bonds. The molecule has 1 aromatic carbocycles. The molecule has 0 aliphatic rings. The fraction of sp³-hybridized carbons (Fsp3) is 0.385. The van der Waals surface area contributed by atoms with Gasteiger partial charge in [0.05, 0.1) is 11.5 Å². The second-order valence-corrected chi connectivity index (χ2v) is 4.37. The number of nitrogens with two attached hydrogens (primary N) is 1. The van der Waals surface area contributed by atoms with Gasteiger partial charge in [0.2, 0.25) is 0 Å². The number of nitrogens with one attached hydrogen (secondary N) is 1. The van der Waals surface area contributed by atoms with Crippen molar-refractivity contribution in [3.63, 3.8) is 0 Å². The van der Waals surface area contributed by atoms with Crippen molar-refractivity contribution < 1.29 is 14.7 Å². The van der Waals surface area contributed by atoms with E-state index in [1.807, 2.05) is 13.0 Å². The summed E-state index contributed by atoms with van der Waals surface area (Å²) in [5, 5.41) is 11.4. The van der Waals surface area contributed by atoms with Gasteiger partial charge < -0.3 is 16.2 Å². The Hall–Kier alpha value is -2.04. The molecule has 0 saturated heterocycles. The molecule has 0 heterocycles. The van der Waals surface area contributed by atoms with Crippen molar-refractivity contribution in [2.24, 2.45) is 5.92 Å². The van der Waals surface area contributed by atoms with Crippen LogP contribution >= 0.6 is 0 Å². The van der Waals surface area contributed by atoms with E-state index < -0.39 is 11.9 Å². The number of carboxylic acids is 1. The van der Waals surface area contributed by atoms with E-state index in [0.29, 0.717) is 24.2 Å². The number of rotatable bonds is 5. The molecule has 0 aliphatic heterocycles. The zero-order valence-electron chi connectivity index (χ0n) is 10.6. The Kier molecular flexibility index (Phi) is 4.71.